The molecule has 110 valence electrons. The van der Waals surface area contributed by atoms with Crippen molar-refractivity contribution >= 4 is 11.9 Å². The van der Waals surface area contributed by atoms with Crippen LogP contribution in [0.25, 0.3) is 0 Å². The van der Waals surface area contributed by atoms with E-state index in [2.05, 4.69) is 10.1 Å². The van der Waals surface area contributed by atoms with E-state index in [1.807, 2.05) is 4.90 Å². The highest BCUT2D eigenvalue weighted by molar-refractivity contribution is 5.86. The second-order valence-corrected chi connectivity index (χ2v) is 4.80. The molecule has 1 fully saturated rings. The zero-order chi connectivity index (χ0) is 14.4. The summed E-state index contributed by atoms with van der Waals surface area (Å²) in [6, 6.07) is 3.26. The number of carbonyl (C=O) groups is 2. The first-order chi connectivity index (χ1) is 9.70. The molecule has 0 saturated carbocycles. The number of rotatable bonds is 5. The summed E-state index contributed by atoms with van der Waals surface area (Å²) in [6.07, 6.45) is 3.39. The molecule has 6 heteroatoms. The fraction of sp³-hybridized carbons (Fsp3) is 0.571. The third-order valence-electron chi connectivity index (χ3n) is 3.33. The first-order valence-electron chi connectivity index (χ1n) is 6.86. The number of hydrogen-bond acceptors (Lipinski definition) is 5. The number of ether oxygens (including phenoxy) is 1. The number of esters is 1. The van der Waals surface area contributed by atoms with Gasteiger partial charge in [-0.25, -0.2) is 4.79 Å². The number of furan rings is 1. The van der Waals surface area contributed by atoms with Crippen LogP contribution < -0.4 is 5.32 Å². The lowest BCUT2D eigenvalue weighted by atomic mass is 10.1. The van der Waals surface area contributed by atoms with E-state index in [0.717, 1.165) is 25.9 Å². The van der Waals surface area contributed by atoms with E-state index in [1.165, 1.54) is 13.5 Å². The molecule has 1 aliphatic rings. The van der Waals surface area contributed by atoms with Gasteiger partial charge in [-0.15, -0.1) is 0 Å². The highest BCUT2D eigenvalue weighted by Crippen LogP contribution is 2.10. The Balaban J connectivity index is 1.73. The van der Waals surface area contributed by atoms with Crippen molar-refractivity contribution in [3.05, 3.63) is 23.7 Å². The van der Waals surface area contributed by atoms with E-state index in [4.69, 9.17) is 4.42 Å². The van der Waals surface area contributed by atoms with E-state index in [-0.39, 0.29) is 18.2 Å². The summed E-state index contributed by atoms with van der Waals surface area (Å²) < 4.78 is 9.86. The molecular formula is C14H20N2O4. The van der Waals surface area contributed by atoms with Crippen LogP contribution in [0.1, 0.15) is 35.6 Å². The topological polar surface area (TPSA) is 71.8 Å². The molecule has 1 amide bonds. The maximum atomic E-state index is 11.9. The summed E-state index contributed by atoms with van der Waals surface area (Å²) in [5.74, 6) is 0.397. The molecule has 0 bridgehead atoms. The van der Waals surface area contributed by atoms with Gasteiger partial charge in [0.2, 0.25) is 11.7 Å². The average Bonchev–Trinajstić information content (AvgIpc) is 2.96. The third-order valence-corrected chi connectivity index (χ3v) is 3.33. The molecule has 0 unspecified atom stereocenters. The molecule has 0 aliphatic carbocycles. The van der Waals surface area contributed by atoms with Crippen LogP contribution in [-0.2, 0) is 16.1 Å². The predicted octanol–water partition coefficient (Wildman–Crippen LogP) is 1.17. The Labute approximate surface area is 118 Å². The minimum atomic E-state index is -0.499. The summed E-state index contributed by atoms with van der Waals surface area (Å²) >= 11 is 0. The number of carbonyl (C=O) groups excluding carboxylic acids is 2. The molecule has 1 saturated heterocycles. The molecule has 20 heavy (non-hydrogen) atoms. The zero-order valence-corrected chi connectivity index (χ0v) is 11.7. The molecule has 0 atom stereocenters. The van der Waals surface area contributed by atoms with Gasteiger partial charge in [-0.3, -0.25) is 4.79 Å². The van der Waals surface area contributed by atoms with Crippen molar-refractivity contribution in [3.8, 4) is 0 Å². The van der Waals surface area contributed by atoms with Gasteiger partial charge in [-0.05, 0) is 31.4 Å². The molecule has 1 aliphatic heterocycles. The van der Waals surface area contributed by atoms with Crippen LogP contribution in [0.3, 0.4) is 0 Å². The summed E-state index contributed by atoms with van der Waals surface area (Å²) in [5.41, 5.74) is 0. The van der Waals surface area contributed by atoms with Crippen molar-refractivity contribution < 1.29 is 18.7 Å². The van der Waals surface area contributed by atoms with Gasteiger partial charge in [0.1, 0.15) is 5.76 Å². The van der Waals surface area contributed by atoms with Crippen LogP contribution in [-0.4, -0.2) is 43.5 Å². The van der Waals surface area contributed by atoms with Crippen molar-refractivity contribution in [2.45, 2.75) is 25.8 Å². The summed E-state index contributed by atoms with van der Waals surface area (Å²) in [4.78, 5) is 25.0. The SMILES string of the molecule is COC(=O)c1ccc(CNCC(=O)N2CCCCC2)o1. The standard InChI is InChI=1S/C14H20N2O4/c1-19-14(18)12-6-5-11(20-12)9-15-10-13(17)16-7-3-2-4-8-16/h5-6,15H,2-4,7-10H2,1H3. The molecular weight excluding hydrogens is 260 g/mol. The third kappa shape index (κ3) is 3.84. The summed E-state index contributed by atoms with van der Waals surface area (Å²) in [5, 5.41) is 3.03. The van der Waals surface area contributed by atoms with Crippen LogP contribution in [0.2, 0.25) is 0 Å². The molecule has 2 rings (SSSR count). The van der Waals surface area contributed by atoms with Crippen molar-refractivity contribution in [1.82, 2.24) is 10.2 Å². The molecule has 0 aromatic carbocycles. The largest absolute Gasteiger partial charge is 0.463 e. The van der Waals surface area contributed by atoms with Crippen molar-refractivity contribution in [1.29, 1.82) is 0 Å². The Hall–Kier alpha value is -1.82. The lowest BCUT2D eigenvalue weighted by Gasteiger charge is -2.26. The first kappa shape index (κ1) is 14.6. The fourth-order valence-electron chi connectivity index (χ4n) is 2.23. The van der Waals surface area contributed by atoms with Gasteiger partial charge in [0.05, 0.1) is 20.2 Å². The van der Waals surface area contributed by atoms with Gasteiger partial charge in [-0.1, -0.05) is 0 Å². The van der Waals surface area contributed by atoms with E-state index >= 15 is 0 Å². The number of piperidine rings is 1. The Morgan fingerprint density at radius 3 is 2.75 bits per heavy atom. The van der Waals surface area contributed by atoms with Crippen LogP contribution in [0, 0.1) is 0 Å². The molecule has 1 aromatic rings. The maximum absolute atomic E-state index is 11.9. The minimum absolute atomic E-state index is 0.115. The lowest BCUT2D eigenvalue weighted by molar-refractivity contribution is -0.131. The first-order valence-corrected chi connectivity index (χ1v) is 6.86. The normalized spacial score (nSPS) is 15.2. The van der Waals surface area contributed by atoms with E-state index < -0.39 is 5.97 Å². The van der Waals surface area contributed by atoms with E-state index in [1.54, 1.807) is 12.1 Å². The molecule has 1 N–H and O–H groups in total. The number of methoxy groups -OCH3 is 1. The Kier molecular flexibility index (Phi) is 5.17. The number of hydrogen-bond donors (Lipinski definition) is 1. The van der Waals surface area contributed by atoms with Crippen LogP contribution >= 0.6 is 0 Å². The van der Waals surface area contributed by atoms with Gasteiger partial charge in [-0.2, -0.15) is 0 Å². The second-order valence-electron chi connectivity index (χ2n) is 4.80. The van der Waals surface area contributed by atoms with E-state index in [0.29, 0.717) is 12.3 Å². The Morgan fingerprint density at radius 1 is 1.30 bits per heavy atom. The average molecular weight is 280 g/mol. The maximum Gasteiger partial charge on any atom is 0.373 e. The zero-order valence-electron chi connectivity index (χ0n) is 11.7. The molecule has 6 nitrogen and oxygen atoms in total. The predicted molar refractivity (Wildman–Crippen MR) is 72.2 cm³/mol. The molecule has 0 spiro atoms. The molecule has 0 radical (unpaired) electrons. The lowest BCUT2D eigenvalue weighted by Crippen LogP contribution is -2.40. The summed E-state index contributed by atoms with van der Waals surface area (Å²) in [6.45, 7) is 2.41. The van der Waals surface area contributed by atoms with Crippen LogP contribution in [0.5, 0.6) is 0 Å². The van der Waals surface area contributed by atoms with Gasteiger partial charge in [0.25, 0.3) is 0 Å². The Morgan fingerprint density at radius 2 is 2.05 bits per heavy atom. The monoisotopic (exact) mass is 280 g/mol. The van der Waals surface area contributed by atoms with E-state index in [9.17, 15) is 9.59 Å². The van der Waals surface area contributed by atoms with Gasteiger partial charge in [0.15, 0.2) is 0 Å². The van der Waals surface area contributed by atoms with Crippen molar-refractivity contribution in [2.24, 2.45) is 0 Å². The summed E-state index contributed by atoms with van der Waals surface area (Å²) in [7, 11) is 1.31. The fourth-order valence-corrected chi connectivity index (χ4v) is 2.23. The van der Waals surface area contributed by atoms with Gasteiger partial charge < -0.3 is 19.4 Å². The quantitative estimate of drug-likeness (QED) is 0.820. The number of nitrogens with one attached hydrogen (secondary N) is 1. The second kappa shape index (κ2) is 7.09. The molecule has 1 aromatic heterocycles. The van der Waals surface area contributed by atoms with Gasteiger partial charge >= 0.3 is 5.97 Å². The van der Waals surface area contributed by atoms with Gasteiger partial charge in [0, 0.05) is 13.1 Å². The number of likely N-dealkylation sites (tertiary alicyclic amines) is 1. The minimum Gasteiger partial charge on any atom is -0.463 e. The van der Waals surface area contributed by atoms with Crippen LogP contribution in [0.4, 0.5) is 0 Å². The van der Waals surface area contributed by atoms with Crippen LogP contribution in [0.15, 0.2) is 16.5 Å². The highest BCUT2D eigenvalue weighted by atomic mass is 16.5. The van der Waals surface area contributed by atoms with Crippen molar-refractivity contribution in [2.75, 3.05) is 26.7 Å². The highest BCUT2D eigenvalue weighted by Gasteiger charge is 2.16. The number of amides is 1. The number of nitrogens with zero attached hydrogens (tertiary/aromatic N) is 1. The Bertz CT molecular complexity index is 463. The van der Waals surface area contributed by atoms with Crippen molar-refractivity contribution in [3.63, 3.8) is 0 Å². The smallest absolute Gasteiger partial charge is 0.373 e. The molecule has 2 heterocycles.